The number of hydrogen-bond donors (Lipinski definition) is 1. The van der Waals surface area contributed by atoms with Crippen molar-refractivity contribution in [1.29, 1.82) is 0 Å². The highest BCUT2D eigenvalue weighted by Crippen LogP contribution is 2.30. The smallest absolute Gasteiger partial charge is 0.262 e. The van der Waals surface area contributed by atoms with Crippen LogP contribution in [0.3, 0.4) is 0 Å². The van der Waals surface area contributed by atoms with E-state index in [1.165, 1.54) is 6.42 Å². The largest absolute Gasteiger partial charge is 0.309 e. The first-order chi connectivity index (χ1) is 11.7. The predicted octanol–water partition coefficient (Wildman–Crippen LogP) is 1.78. The first kappa shape index (κ1) is 15.0. The van der Waals surface area contributed by atoms with Gasteiger partial charge < -0.3 is 4.98 Å². The molecule has 0 spiro atoms. The van der Waals surface area contributed by atoms with Gasteiger partial charge >= 0.3 is 0 Å². The molecule has 3 aromatic heterocycles. The number of rotatable bonds is 3. The Bertz CT molecular complexity index is 900. The van der Waals surface area contributed by atoms with Crippen molar-refractivity contribution in [1.82, 2.24) is 29.6 Å². The number of aryl methyl sites for hydroxylation is 1. The molecule has 124 valence electrons. The van der Waals surface area contributed by atoms with Crippen LogP contribution in [0.25, 0.3) is 11.0 Å². The minimum absolute atomic E-state index is 0.130. The molecule has 7 heteroatoms. The molecule has 1 saturated heterocycles. The van der Waals surface area contributed by atoms with Gasteiger partial charge in [-0.25, -0.2) is 4.98 Å². The Balaban J connectivity index is 1.65. The van der Waals surface area contributed by atoms with E-state index in [1.807, 2.05) is 18.3 Å². The lowest BCUT2D eigenvalue weighted by Crippen LogP contribution is -2.34. The molecule has 3 aromatic rings. The molecule has 1 fully saturated rings. The Morgan fingerprint density at radius 1 is 1.33 bits per heavy atom. The maximum Gasteiger partial charge on any atom is 0.262 e. The van der Waals surface area contributed by atoms with E-state index in [0.717, 1.165) is 25.1 Å². The summed E-state index contributed by atoms with van der Waals surface area (Å²) in [4.78, 5) is 26.6. The molecule has 0 saturated carbocycles. The molecule has 0 bridgehead atoms. The Labute approximate surface area is 139 Å². The number of H-pyrrole nitrogens is 1. The molecule has 0 aliphatic carbocycles. The minimum atomic E-state index is -0.130. The van der Waals surface area contributed by atoms with Crippen LogP contribution in [-0.2, 0) is 13.6 Å². The van der Waals surface area contributed by atoms with Crippen molar-refractivity contribution >= 4 is 11.0 Å². The molecule has 0 radical (unpaired) electrons. The van der Waals surface area contributed by atoms with E-state index in [2.05, 4.69) is 31.0 Å². The minimum Gasteiger partial charge on any atom is -0.309 e. The Kier molecular flexibility index (Phi) is 3.86. The van der Waals surface area contributed by atoms with Crippen LogP contribution in [0.2, 0.25) is 0 Å². The van der Waals surface area contributed by atoms with Crippen LogP contribution in [0.5, 0.6) is 0 Å². The highest BCUT2D eigenvalue weighted by atomic mass is 16.1. The molecule has 0 aromatic carbocycles. The summed E-state index contributed by atoms with van der Waals surface area (Å²) in [5.74, 6) is 0.680. The summed E-state index contributed by atoms with van der Waals surface area (Å²) in [6.07, 6.45) is 6.83. The van der Waals surface area contributed by atoms with Crippen molar-refractivity contribution in [3.8, 4) is 0 Å². The molecular formula is C17H20N6O. The maximum atomic E-state index is 12.2. The van der Waals surface area contributed by atoms with Gasteiger partial charge in [-0.1, -0.05) is 12.5 Å². The van der Waals surface area contributed by atoms with Crippen LogP contribution < -0.4 is 5.56 Å². The highest BCUT2D eigenvalue weighted by Gasteiger charge is 2.25. The van der Waals surface area contributed by atoms with Gasteiger partial charge in [0.2, 0.25) is 0 Å². The third-order valence-electron chi connectivity index (χ3n) is 4.65. The van der Waals surface area contributed by atoms with Gasteiger partial charge in [0, 0.05) is 13.2 Å². The van der Waals surface area contributed by atoms with Crippen molar-refractivity contribution in [2.45, 2.75) is 31.8 Å². The van der Waals surface area contributed by atoms with Gasteiger partial charge in [-0.2, -0.15) is 5.10 Å². The second kappa shape index (κ2) is 6.16. The first-order valence-electron chi connectivity index (χ1n) is 8.28. The standard InChI is InChI=1S/C17H20N6O/c1-22-16-12(10-19-22)17(24)21-15(20-16)11-23-9-5-3-7-14(23)13-6-2-4-8-18-13/h2,4,6,8,10,14H,3,5,7,9,11H2,1H3,(H,20,21,24)/t14-/m1/s1. The third-order valence-corrected chi connectivity index (χ3v) is 4.65. The summed E-state index contributed by atoms with van der Waals surface area (Å²) in [5.41, 5.74) is 1.58. The topological polar surface area (TPSA) is 79.7 Å². The van der Waals surface area contributed by atoms with E-state index >= 15 is 0 Å². The molecule has 4 heterocycles. The van der Waals surface area contributed by atoms with Crippen molar-refractivity contribution < 1.29 is 0 Å². The molecule has 0 unspecified atom stereocenters. The second-order valence-electron chi connectivity index (χ2n) is 6.25. The zero-order valence-electron chi connectivity index (χ0n) is 13.6. The van der Waals surface area contributed by atoms with E-state index < -0.39 is 0 Å². The lowest BCUT2D eigenvalue weighted by molar-refractivity contribution is 0.133. The maximum absolute atomic E-state index is 12.2. The molecule has 4 rings (SSSR count). The molecule has 1 N–H and O–H groups in total. The molecule has 7 nitrogen and oxygen atoms in total. The number of aromatic nitrogens is 5. The normalized spacial score (nSPS) is 19.0. The van der Waals surface area contributed by atoms with E-state index in [1.54, 1.807) is 17.9 Å². The number of nitrogens with one attached hydrogen (secondary N) is 1. The van der Waals surface area contributed by atoms with Gasteiger partial charge in [0.15, 0.2) is 5.65 Å². The van der Waals surface area contributed by atoms with E-state index in [0.29, 0.717) is 23.4 Å². The van der Waals surface area contributed by atoms with Gasteiger partial charge in [0.1, 0.15) is 11.2 Å². The summed E-state index contributed by atoms with van der Waals surface area (Å²) in [5, 5.41) is 4.65. The van der Waals surface area contributed by atoms with Crippen LogP contribution >= 0.6 is 0 Å². The SMILES string of the molecule is Cn1ncc2c(=O)[nH]c(CN3CCCC[C@@H]3c3ccccn3)nc21. The number of aromatic amines is 1. The van der Waals surface area contributed by atoms with Crippen LogP contribution in [0.1, 0.15) is 36.8 Å². The molecule has 1 atom stereocenters. The Morgan fingerprint density at radius 2 is 2.25 bits per heavy atom. The summed E-state index contributed by atoms with van der Waals surface area (Å²) >= 11 is 0. The monoisotopic (exact) mass is 324 g/mol. The van der Waals surface area contributed by atoms with Crippen LogP contribution in [0.15, 0.2) is 35.4 Å². The number of likely N-dealkylation sites (tertiary alicyclic amines) is 1. The van der Waals surface area contributed by atoms with Gasteiger partial charge in [-0.15, -0.1) is 0 Å². The zero-order chi connectivity index (χ0) is 16.5. The molecule has 24 heavy (non-hydrogen) atoms. The summed E-state index contributed by atoms with van der Waals surface area (Å²) in [6, 6.07) is 6.30. The van der Waals surface area contributed by atoms with Gasteiger partial charge in [0.25, 0.3) is 5.56 Å². The third kappa shape index (κ3) is 2.71. The average Bonchev–Trinajstić information content (AvgIpc) is 2.98. The lowest BCUT2D eigenvalue weighted by Gasteiger charge is -2.34. The average molecular weight is 324 g/mol. The highest BCUT2D eigenvalue weighted by molar-refractivity contribution is 5.72. The lowest BCUT2D eigenvalue weighted by atomic mass is 9.99. The fraction of sp³-hybridized carbons (Fsp3) is 0.412. The van der Waals surface area contributed by atoms with E-state index in [4.69, 9.17) is 0 Å². The number of hydrogen-bond acceptors (Lipinski definition) is 5. The first-order valence-corrected chi connectivity index (χ1v) is 8.28. The molecule has 1 aliphatic rings. The fourth-order valence-electron chi connectivity index (χ4n) is 3.43. The summed E-state index contributed by atoms with van der Waals surface area (Å²) in [6.45, 7) is 1.59. The van der Waals surface area contributed by atoms with Crippen LogP contribution in [0.4, 0.5) is 0 Å². The number of fused-ring (bicyclic) bond motifs is 1. The fourth-order valence-corrected chi connectivity index (χ4v) is 3.43. The Hall–Kier alpha value is -2.54. The van der Waals surface area contributed by atoms with E-state index in [-0.39, 0.29) is 11.6 Å². The molecular weight excluding hydrogens is 304 g/mol. The van der Waals surface area contributed by atoms with Crippen LogP contribution in [0, 0.1) is 0 Å². The predicted molar refractivity (Wildman–Crippen MR) is 90.4 cm³/mol. The van der Waals surface area contributed by atoms with E-state index in [9.17, 15) is 4.79 Å². The summed E-state index contributed by atoms with van der Waals surface area (Å²) < 4.78 is 1.64. The van der Waals surface area contributed by atoms with Crippen molar-refractivity contribution in [3.63, 3.8) is 0 Å². The van der Waals surface area contributed by atoms with Gasteiger partial charge in [-0.3, -0.25) is 19.4 Å². The number of pyridine rings is 1. The van der Waals surface area contributed by atoms with Crippen molar-refractivity contribution in [2.75, 3.05) is 6.54 Å². The van der Waals surface area contributed by atoms with Gasteiger partial charge in [-0.05, 0) is 31.5 Å². The van der Waals surface area contributed by atoms with Crippen molar-refractivity contribution in [3.05, 3.63) is 52.5 Å². The Morgan fingerprint density at radius 3 is 3.08 bits per heavy atom. The van der Waals surface area contributed by atoms with Crippen LogP contribution in [-0.4, -0.2) is 36.2 Å². The van der Waals surface area contributed by atoms with Gasteiger partial charge in [0.05, 0.1) is 24.5 Å². The number of piperidine rings is 1. The second-order valence-corrected chi connectivity index (χ2v) is 6.25. The van der Waals surface area contributed by atoms with Crippen molar-refractivity contribution in [2.24, 2.45) is 7.05 Å². The quantitative estimate of drug-likeness (QED) is 0.794. The zero-order valence-corrected chi connectivity index (χ0v) is 13.6. The number of nitrogens with zero attached hydrogens (tertiary/aromatic N) is 5. The summed E-state index contributed by atoms with van der Waals surface area (Å²) in [7, 11) is 1.80. The molecule has 0 amide bonds. The molecule has 1 aliphatic heterocycles.